The number of rotatable bonds is 1. The SMILES string of the molecule is Cc1nccn2c(C3CCC4(CC3)CO4)nc(Br)c12. The van der Waals surface area contributed by atoms with Gasteiger partial charge < -0.3 is 4.74 Å². The molecule has 0 amide bonds. The molecule has 1 saturated carbocycles. The van der Waals surface area contributed by atoms with Gasteiger partial charge in [0.1, 0.15) is 15.9 Å². The number of nitrogens with zero attached hydrogens (tertiary/aromatic N) is 3. The van der Waals surface area contributed by atoms with Crippen LogP contribution in [0.2, 0.25) is 0 Å². The fourth-order valence-corrected chi connectivity index (χ4v) is 3.91. The van der Waals surface area contributed by atoms with E-state index >= 15 is 0 Å². The topological polar surface area (TPSA) is 42.7 Å². The lowest BCUT2D eigenvalue weighted by molar-refractivity contribution is 0.220. The lowest BCUT2D eigenvalue weighted by Crippen LogP contribution is -2.21. The Morgan fingerprint density at radius 3 is 2.84 bits per heavy atom. The molecule has 1 aliphatic carbocycles. The highest BCUT2D eigenvalue weighted by Crippen LogP contribution is 2.46. The van der Waals surface area contributed by atoms with Crippen LogP contribution in [0, 0.1) is 6.92 Å². The maximum absolute atomic E-state index is 5.59. The van der Waals surface area contributed by atoms with Crippen LogP contribution in [-0.2, 0) is 4.74 Å². The van der Waals surface area contributed by atoms with Gasteiger partial charge in [0.25, 0.3) is 0 Å². The summed E-state index contributed by atoms with van der Waals surface area (Å²) in [6.45, 7) is 2.99. The van der Waals surface area contributed by atoms with Crippen LogP contribution in [0.3, 0.4) is 0 Å². The monoisotopic (exact) mass is 321 g/mol. The number of ether oxygens (including phenoxy) is 1. The van der Waals surface area contributed by atoms with E-state index in [1.807, 2.05) is 19.3 Å². The van der Waals surface area contributed by atoms with Crippen LogP contribution in [-0.4, -0.2) is 26.6 Å². The fourth-order valence-electron chi connectivity index (χ4n) is 3.25. The van der Waals surface area contributed by atoms with Crippen molar-refractivity contribution in [1.82, 2.24) is 14.4 Å². The van der Waals surface area contributed by atoms with Crippen molar-refractivity contribution >= 4 is 21.4 Å². The Bertz CT molecular complexity index is 637. The van der Waals surface area contributed by atoms with E-state index in [0.29, 0.717) is 5.92 Å². The van der Waals surface area contributed by atoms with Crippen molar-refractivity contribution in [3.63, 3.8) is 0 Å². The number of fused-ring (bicyclic) bond motifs is 1. The average Bonchev–Trinajstić information content (AvgIpc) is 3.07. The predicted molar refractivity (Wildman–Crippen MR) is 75.3 cm³/mol. The number of epoxide rings is 1. The molecule has 0 aromatic carbocycles. The second-order valence-electron chi connectivity index (χ2n) is 5.74. The van der Waals surface area contributed by atoms with Crippen LogP contribution < -0.4 is 0 Å². The molecule has 3 heterocycles. The van der Waals surface area contributed by atoms with Crippen LogP contribution in [0.15, 0.2) is 17.0 Å². The van der Waals surface area contributed by atoms with Crippen molar-refractivity contribution in [2.45, 2.75) is 44.1 Å². The second-order valence-corrected chi connectivity index (χ2v) is 6.49. The summed E-state index contributed by atoms with van der Waals surface area (Å²) < 4.78 is 8.70. The Morgan fingerprint density at radius 1 is 1.42 bits per heavy atom. The standard InChI is InChI=1S/C14H16BrN3O/c1-9-11-12(15)17-13(18(11)7-6-16-9)10-2-4-14(5-3-10)8-19-14/h6-7,10H,2-5,8H2,1H3. The van der Waals surface area contributed by atoms with E-state index in [9.17, 15) is 0 Å². The van der Waals surface area contributed by atoms with E-state index in [-0.39, 0.29) is 5.60 Å². The molecular weight excluding hydrogens is 306 g/mol. The smallest absolute Gasteiger partial charge is 0.134 e. The Morgan fingerprint density at radius 2 is 2.16 bits per heavy atom. The Labute approximate surface area is 120 Å². The molecule has 2 fully saturated rings. The number of aryl methyl sites for hydroxylation is 1. The van der Waals surface area contributed by atoms with Crippen molar-refractivity contribution < 1.29 is 4.74 Å². The highest BCUT2D eigenvalue weighted by Gasteiger charge is 2.47. The van der Waals surface area contributed by atoms with E-state index < -0.39 is 0 Å². The van der Waals surface area contributed by atoms with Gasteiger partial charge in [0.05, 0.1) is 17.9 Å². The van der Waals surface area contributed by atoms with Crippen molar-refractivity contribution in [1.29, 1.82) is 0 Å². The van der Waals surface area contributed by atoms with Gasteiger partial charge in [-0.15, -0.1) is 0 Å². The molecule has 4 rings (SSSR count). The van der Waals surface area contributed by atoms with Gasteiger partial charge in [-0.1, -0.05) is 0 Å². The van der Waals surface area contributed by atoms with Gasteiger partial charge in [-0.2, -0.15) is 0 Å². The largest absolute Gasteiger partial charge is 0.370 e. The quantitative estimate of drug-likeness (QED) is 0.757. The lowest BCUT2D eigenvalue weighted by atomic mass is 9.82. The summed E-state index contributed by atoms with van der Waals surface area (Å²) >= 11 is 3.57. The highest BCUT2D eigenvalue weighted by molar-refractivity contribution is 9.10. The van der Waals surface area contributed by atoms with Gasteiger partial charge in [0, 0.05) is 18.3 Å². The molecule has 4 nitrogen and oxygen atoms in total. The normalized spacial score (nSPS) is 30.1. The molecule has 0 atom stereocenters. The first-order chi connectivity index (χ1) is 9.19. The zero-order valence-electron chi connectivity index (χ0n) is 10.9. The van der Waals surface area contributed by atoms with Gasteiger partial charge >= 0.3 is 0 Å². The Balaban J connectivity index is 1.73. The first-order valence-electron chi connectivity index (χ1n) is 6.82. The molecule has 5 heteroatoms. The summed E-state index contributed by atoms with van der Waals surface area (Å²) in [6.07, 6.45) is 8.57. The summed E-state index contributed by atoms with van der Waals surface area (Å²) in [6, 6.07) is 0. The summed E-state index contributed by atoms with van der Waals surface area (Å²) in [5, 5.41) is 0. The molecule has 0 N–H and O–H groups in total. The molecular formula is C14H16BrN3O. The number of hydrogen-bond acceptors (Lipinski definition) is 3. The Hall–Kier alpha value is -0.940. The van der Waals surface area contributed by atoms with E-state index in [1.54, 1.807) is 0 Å². The summed E-state index contributed by atoms with van der Waals surface area (Å²) in [5.74, 6) is 1.71. The molecule has 2 aromatic heterocycles. The highest BCUT2D eigenvalue weighted by atomic mass is 79.9. The van der Waals surface area contributed by atoms with Crippen LogP contribution in [0.4, 0.5) is 0 Å². The van der Waals surface area contributed by atoms with Gasteiger partial charge in [0.15, 0.2) is 0 Å². The van der Waals surface area contributed by atoms with Gasteiger partial charge in [0.2, 0.25) is 0 Å². The third kappa shape index (κ3) is 1.82. The summed E-state index contributed by atoms with van der Waals surface area (Å²) in [4.78, 5) is 9.09. The van der Waals surface area contributed by atoms with Crippen LogP contribution >= 0.6 is 15.9 Å². The number of hydrogen-bond donors (Lipinski definition) is 0. The predicted octanol–water partition coefficient (Wildman–Crippen LogP) is 3.23. The minimum absolute atomic E-state index is 0.248. The molecule has 2 aliphatic rings. The summed E-state index contributed by atoms with van der Waals surface area (Å²) in [7, 11) is 0. The first-order valence-corrected chi connectivity index (χ1v) is 7.61. The zero-order valence-corrected chi connectivity index (χ0v) is 12.5. The van der Waals surface area contributed by atoms with Crippen molar-refractivity contribution in [2.24, 2.45) is 0 Å². The summed E-state index contributed by atoms with van der Waals surface area (Å²) in [5.41, 5.74) is 2.37. The maximum atomic E-state index is 5.59. The molecule has 1 saturated heterocycles. The second kappa shape index (κ2) is 4.03. The minimum Gasteiger partial charge on any atom is -0.370 e. The number of imidazole rings is 1. The van der Waals surface area contributed by atoms with Crippen molar-refractivity contribution in [3.8, 4) is 0 Å². The molecule has 0 unspecified atom stereocenters. The molecule has 1 spiro atoms. The third-order valence-corrected chi connectivity index (χ3v) is 5.09. The van der Waals surface area contributed by atoms with Gasteiger partial charge in [-0.25, -0.2) is 4.98 Å². The molecule has 19 heavy (non-hydrogen) atoms. The Kier molecular flexibility index (Phi) is 2.51. The van der Waals surface area contributed by atoms with Crippen molar-refractivity contribution in [3.05, 3.63) is 28.5 Å². The van der Waals surface area contributed by atoms with E-state index in [4.69, 9.17) is 9.72 Å². The molecule has 1 aliphatic heterocycles. The molecule has 0 radical (unpaired) electrons. The number of halogens is 1. The molecule has 100 valence electrons. The van der Waals surface area contributed by atoms with E-state index in [0.717, 1.165) is 22.4 Å². The molecule has 0 bridgehead atoms. The molecule has 2 aromatic rings. The lowest BCUT2D eigenvalue weighted by Gasteiger charge is -2.25. The maximum Gasteiger partial charge on any atom is 0.134 e. The van der Waals surface area contributed by atoms with Gasteiger partial charge in [-0.3, -0.25) is 9.38 Å². The van der Waals surface area contributed by atoms with E-state index in [2.05, 4.69) is 25.3 Å². The minimum atomic E-state index is 0.248. The van der Waals surface area contributed by atoms with Crippen LogP contribution in [0.5, 0.6) is 0 Å². The zero-order chi connectivity index (χ0) is 13.0. The van der Waals surface area contributed by atoms with E-state index in [1.165, 1.54) is 31.5 Å². The van der Waals surface area contributed by atoms with Crippen molar-refractivity contribution in [2.75, 3.05) is 6.61 Å². The third-order valence-electron chi connectivity index (χ3n) is 4.54. The fraction of sp³-hybridized carbons (Fsp3) is 0.571. The van der Waals surface area contributed by atoms with Gasteiger partial charge in [-0.05, 0) is 48.5 Å². The van der Waals surface area contributed by atoms with Crippen LogP contribution in [0.1, 0.15) is 43.1 Å². The first kappa shape index (κ1) is 11.9. The van der Waals surface area contributed by atoms with Crippen LogP contribution in [0.25, 0.3) is 5.52 Å². The number of aromatic nitrogens is 3. The average molecular weight is 322 g/mol.